The van der Waals surface area contributed by atoms with Crippen molar-refractivity contribution in [2.75, 3.05) is 0 Å². The number of hydrogen-bond acceptors (Lipinski definition) is 5. The minimum atomic E-state index is -2.35. The summed E-state index contributed by atoms with van der Waals surface area (Å²) in [5.74, 6) is -14.3. The molecule has 0 fully saturated rings. The third kappa shape index (κ3) is 4.41. The second-order valence-corrected chi connectivity index (χ2v) is 8.00. The van der Waals surface area contributed by atoms with Crippen molar-refractivity contribution in [1.82, 2.24) is 0 Å². The molecule has 3 aromatic rings. The van der Waals surface area contributed by atoms with E-state index in [-0.39, 0.29) is 34.2 Å². The van der Waals surface area contributed by atoms with E-state index < -0.39 is 46.9 Å². The monoisotopic (exact) mass is 504 g/mol. The van der Waals surface area contributed by atoms with Gasteiger partial charge in [-0.2, -0.15) is 8.78 Å². The number of ketones is 1. The van der Waals surface area contributed by atoms with Gasteiger partial charge in [0.2, 0.25) is 34.9 Å². The summed E-state index contributed by atoms with van der Waals surface area (Å²) in [6, 6.07) is 10.1. The summed E-state index contributed by atoms with van der Waals surface area (Å²) in [5, 5.41) is 0. The number of rotatable bonds is 5. The molecule has 1 atom stereocenters. The number of Topliss-reactive ketones (excluding diaryl/α,β-unsaturated/α-hetero) is 1. The normalized spacial score (nSPS) is 14.4. The van der Waals surface area contributed by atoms with Crippen LogP contribution in [0, 0.1) is 42.9 Å². The minimum Gasteiger partial charge on any atom is -0.473 e. The number of benzene rings is 3. The maximum Gasteiger partial charge on any atom is 0.352 e. The fourth-order valence-electron chi connectivity index (χ4n) is 3.40. The van der Waals surface area contributed by atoms with Gasteiger partial charge >= 0.3 is 5.97 Å². The van der Waals surface area contributed by atoms with Crippen LogP contribution < -0.4 is 14.2 Å². The summed E-state index contributed by atoms with van der Waals surface area (Å²) in [6.07, 6.45) is -0.196. The number of allylic oxidation sites excluding steroid dienone is 1. The highest BCUT2D eigenvalue weighted by Gasteiger charge is 2.32. The third-order valence-electron chi connectivity index (χ3n) is 5.42. The summed E-state index contributed by atoms with van der Waals surface area (Å²) in [7, 11) is 0. The highest BCUT2D eigenvalue weighted by Crippen LogP contribution is 2.39. The topological polar surface area (TPSA) is 61.8 Å². The van der Waals surface area contributed by atoms with E-state index in [2.05, 4.69) is 0 Å². The highest BCUT2D eigenvalue weighted by molar-refractivity contribution is 6.15. The lowest BCUT2D eigenvalue weighted by Gasteiger charge is -2.16. The Balaban J connectivity index is 1.54. The van der Waals surface area contributed by atoms with Crippen LogP contribution >= 0.6 is 0 Å². The average Bonchev–Trinajstić information content (AvgIpc) is 3.18. The van der Waals surface area contributed by atoms with Crippen molar-refractivity contribution in [3.8, 4) is 17.2 Å². The van der Waals surface area contributed by atoms with Gasteiger partial charge in [0.05, 0.1) is 5.56 Å². The lowest BCUT2D eigenvalue weighted by molar-refractivity contribution is -0.141. The second kappa shape index (κ2) is 9.44. The Bertz CT molecular complexity index is 1400. The number of halogens is 5. The van der Waals surface area contributed by atoms with Crippen LogP contribution in [0.3, 0.4) is 0 Å². The Morgan fingerprint density at radius 3 is 2.08 bits per heavy atom. The van der Waals surface area contributed by atoms with Crippen LogP contribution in [0.15, 0.2) is 42.2 Å². The molecule has 0 saturated carbocycles. The van der Waals surface area contributed by atoms with Crippen LogP contribution in [0.1, 0.15) is 34.0 Å². The van der Waals surface area contributed by atoms with Crippen molar-refractivity contribution >= 4 is 17.8 Å². The fourth-order valence-corrected chi connectivity index (χ4v) is 3.40. The van der Waals surface area contributed by atoms with Crippen molar-refractivity contribution in [3.63, 3.8) is 0 Å². The Kier molecular flexibility index (Phi) is 6.53. The summed E-state index contributed by atoms with van der Waals surface area (Å²) in [5.41, 5.74) is 2.28. The van der Waals surface area contributed by atoms with Gasteiger partial charge in [-0.3, -0.25) is 4.79 Å². The van der Waals surface area contributed by atoms with Gasteiger partial charge in [0, 0.05) is 5.56 Å². The summed E-state index contributed by atoms with van der Waals surface area (Å²) in [4.78, 5) is 25.2. The van der Waals surface area contributed by atoms with Crippen molar-refractivity contribution < 1.29 is 45.8 Å². The highest BCUT2D eigenvalue weighted by atomic mass is 19.2. The molecule has 0 aliphatic carbocycles. The van der Waals surface area contributed by atoms with Crippen LogP contribution in [-0.4, -0.2) is 17.9 Å². The van der Waals surface area contributed by atoms with Crippen molar-refractivity contribution in [1.29, 1.82) is 0 Å². The maximum absolute atomic E-state index is 13.9. The van der Waals surface area contributed by atoms with Gasteiger partial charge in [-0.1, -0.05) is 29.8 Å². The number of ether oxygens (including phenoxy) is 3. The lowest BCUT2D eigenvalue weighted by atomic mass is 10.1. The van der Waals surface area contributed by atoms with Crippen LogP contribution in [0.2, 0.25) is 0 Å². The molecule has 0 N–H and O–H groups in total. The fraction of sp³-hybridized carbons (Fsp3) is 0.154. The molecular weight excluding hydrogens is 487 g/mol. The number of esters is 1. The number of aryl methyl sites for hydroxylation is 1. The number of fused-ring (bicyclic) bond motifs is 1. The molecule has 10 heteroatoms. The van der Waals surface area contributed by atoms with Gasteiger partial charge in [-0.05, 0) is 44.5 Å². The van der Waals surface area contributed by atoms with E-state index in [1.165, 1.54) is 19.1 Å². The Labute approximate surface area is 201 Å². The van der Waals surface area contributed by atoms with E-state index in [9.17, 15) is 31.5 Å². The van der Waals surface area contributed by atoms with E-state index >= 15 is 0 Å². The summed E-state index contributed by atoms with van der Waals surface area (Å²) < 4.78 is 83.3. The first kappa shape index (κ1) is 24.9. The van der Waals surface area contributed by atoms with E-state index in [1.807, 2.05) is 31.2 Å². The van der Waals surface area contributed by atoms with Crippen molar-refractivity contribution in [2.24, 2.45) is 0 Å². The van der Waals surface area contributed by atoms with E-state index in [0.717, 1.165) is 18.1 Å². The minimum absolute atomic E-state index is 0.0587. The van der Waals surface area contributed by atoms with Crippen LogP contribution in [0.4, 0.5) is 22.0 Å². The molecule has 0 aromatic heterocycles. The Morgan fingerprint density at radius 2 is 1.47 bits per heavy atom. The van der Waals surface area contributed by atoms with E-state index in [1.54, 1.807) is 6.08 Å². The zero-order valence-electron chi connectivity index (χ0n) is 19.0. The SMILES string of the molecule is Cc1ccc(/C=C2\Oc3c(ccc(OC(=O)C(C)Oc4c(F)c(F)c(F)c(F)c4F)c3C)C2=O)cc1. The van der Waals surface area contributed by atoms with Gasteiger partial charge in [0.15, 0.2) is 17.6 Å². The van der Waals surface area contributed by atoms with Crippen molar-refractivity contribution in [2.45, 2.75) is 26.9 Å². The van der Waals surface area contributed by atoms with Gasteiger partial charge in [-0.15, -0.1) is 0 Å². The largest absolute Gasteiger partial charge is 0.473 e. The van der Waals surface area contributed by atoms with Gasteiger partial charge in [0.1, 0.15) is 11.5 Å². The molecule has 1 unspecified atom stereocenters. The molecule has 0 amide bonds. The molecule has 0 bridgehead atoms. The first-order valence-electron chi connectivity index (χ1n) is 10.5. The van der Waals surface area contributed by atoms with Gasteiger partial charge < -0.3 is 14.2 Å². The first-order chi connectivity index (χ1) is 17.0. The summed E-state index contributed by atoms with van der Waals surface area (Å²) >= 11 is 0. The van der Waals surface area contributed by atoms with E-state index in [4.69, 9.17) is 14.2 Å². The third-order valence-corrected chi connectivity index (χ3v) is 5.42. The van der Waals surface area contributed by atoms with Crippen LogP contribution in [0.25, 0.3) is 6.08 Å². The number of carbonyl (C=O) groups excluding carboxylic acids is 2. The molecule has 5 nitrogen and oxygen atoms in total. The van der Waals surface area contributed by atoms with E-state index in [0.29, 0.717) is 0 Å². The lowest BCUT2D eigenvalue weighted by Crippen LogP contribution is -2.29. The maximum atomic E-state index is 13.9. The zero-order chi connectivity index (χ0) is 26.3. The molecule has 0 radical (unpaired) electrons. The summed E-state index contributed by atoms with van der Waals surface area (Å²) in [6.45, 7) is 4.44. The average molecular weight is 504 g/mol. The molecule has 4 rings (SSSR count). The molecule has 1 heterocycles. The standard InChI is InChI=1S/C26H17F5O5/c1-11-4-6-14(7-5-11)10-17-23(32)15-8-9-16(12(2)24(15)35-17)36-26(33)13(3)34-25-21(30)19(28)18(27)20(29)22(25)31/h4-10,13H,1-3H3/b17-10-. The molecule has 0 saturated heterocycles. The predicted molar refractivity (Wildman–Crippen MR) is 117 cm³/mol. The zero-order valence-corrected chi connectivity index (χ0v) is 19.0. The number of hydrogen-bond donors (Lipinski definition) is 0. The smallest absolute Gasteiger partial charge is 0.352 e. The molecule has 1 aliphatic heterocycles. The Hall–Kier alpha value is -4.21. The molecule has 1 aliphatic rings. The van der Waals surface area contributed by atoms with Gasteiger partial charge in [0.25, 0.3) is 0 Å². The molecule has 186 valence electrons. The first-order valence-corrected chi connectivity index (χ1v) is 10.5. The van der Waals surface area contributed by atoms with Crippen LogP contribution in [-0.2, 0) is 4.79 Å². The molecule has 0 spiro atoms. The van der Waals surface area contributed by atoms with Crippen LogP contribution in [0.5, 0.6) is 17.2 Å². The molecular formula is C26H17F5O5. The van der Waals surface area contributed by atoms with Gasteiger partial charge in [-0.25, -0.2) is 18.0 Å². The predicted octanol–water partition coefficient (Wildman–Crippen LogP) is 5.99. The van der Waals surface area contributed by atoms with Crippen molar-refractivity contribution in [3.05, 3.63) is 93.5 Å². The Morgan fingerprint density at radius 1 is 0.889 bits per heavy atom. The quantitative estimate of drug-likeness (QED) is 0.107. The molecule has 3 aromatic carbocycles. The number of carbonyl (C=O) groups is 2. The second-order valence-electron chi connectivity index (χ2n) is 8.00. The molecule has 36 heavy (non-hydrogen) atoms.